The molecule has 0 unspecified atom stereocenters. The fourth-order valence-electron chi connectivity index (χ4n) is 12.4. The van der Waals surface area contributed by atoms with Crippen molar-refractivity contribution in [2.24, 2.45) is 39.8 Å². The van der Waals surface area contributed by atoms with Crippen LogP contribution in [-0.4, -0.2) is 282 Å². The van der Waals surface area contributed by atoms with Gasteiger partial charge in [-0.1, -0.05) is 62.1 Å². The van der Waals surface area contributed by atoms with Crippen LogP contribution in [0.2, 0.25) is 0 Å². The van der Waals surface area contributed by atoms with E-state index in [1.54, 1.807) is 27.7 Å². The number of carboxylic acid groups (broad SMARTS) is 2. The monoisotopic (exact) mass is 1520 g/mol. The molecular formula is C64H104N20O19S2. The molecular weight excluding hydrogens is 1420 g/mol. The number of imidazole rings is 1. The average molecular weight is 1520 g/mol. The highest BCUT2D eigenvalue weighted by Crippen LogP contribution is 2.29. The Kier molecular flexibility index (Phi) is 35.4. The number of nitrogens with two attached hydrogens (primary N) is 4. The number of nitrogens with zero attached hydrogens (tertiary/aromatic N) is 5. The smallest absolute Gasteiger partial charge is 0.326 e. The zero-order valence-corrected chi connectivity index (χ0v) is 61.3. The first-order chi connectivity index (χ1) is 49.9. The number of hydrogen-bond acceptors (Lipinski definition) is 23. The highest BCUT2D eigenvalue weighted by molar-refractivity contribution is 8.76. The lowest BCUT2D eigenvalue weighted by Gasteiger charge is -2.35. The Balaban J connectivity index is 1.64. The molecule has 1 aromatic heterocycles. The highest BCUT2D eigenvalue weighted by atomic mass is 33.1. The van der Waals surface area contributed by atoms with Crippen LogP contribution in [0, 0.1) is 11.8 Å². The minimum absolute atomic E-state index is 0.00179. The summed E-state index contributed by atoms with van der Waals surface area (Å²) in [6.45, 7) is 6.50. The van der Waals surface area contributed by atoms with Crippen molar-refractivity contribution in [3.05, 3.63) is 18.2 Å². The van der Waals surface area contributed by atoms with Gasteiger partial charge in [-0.05, 0) is 95.9 Å². The minimum atomic E-state index is -1.93. The summed E-state index contributed by atoms with van der Waals surface area (Å²) in [5, 5.41) is 66.5. The summed E-state index contributed by atoms with van der Waals surface area (Å²) in [5.41, 5.74) is 22.7. The number of aliphatic carboxylic acids is 2. The van der Waals surface area contributed by atoms with Crippen LogP contribution < -0.4 is 76.1 Å². The standard InChI is InChI=1S/C64H104N20O19S2/c1-6-32(3)48-58(97)78-41(54(93)74-38(24-35-27-69-31-71-35)60(99)82-21-11-16-43(82)56(95)75-39(63(102)103)25-47(88)89)29-104-105-30-42(77-51(90)36(72-46(87)26-66)15-10-20-70-64(67)68)55(94)81-50(34(5)86)59(98)73-37(14-8-9-19-65)52(91)76-40(28-85)53(92)80-49(33(4)7-2)62(101)84-23-13-18-45(84)61(100)83-22-12-17-44(83)57(96)79-48/h27,31-34,36-45,48-50,85-86H,6-26,28-30,65-66H2,1-5H3,(H,69,71)(H,72,87)(H,73,98)(H,74,93)(H,75,95)(H,76,91)(H,77,90)(H,78,97)(H,79,96)(H,80,92)(H,81,94)(H,88,89)(H,102,103)(H4,67,68,70)/t32-,33-,34+,36-,37-,38-,39-,40-,41-,42-,43-,44-,45-,48-,49-,50-/m0/s1. The Morgan fingerprint density at radius 1 is 0.667 bits per heavy atom. The van der Waals surface area contributed by atoms with E-state index in [0.29, 0.717) is 25.7 Å². The first kappa shape index (κ1) is 86.7. The van der Waals surface area contributed by atoms with Crippen molar-refractivity contribution < 1.29 is 92.3 Å². The lowest BCUT2D eigenvalue weighted by atomic mass is 9.96. The van der Waals surface area contributed by atoms with E-state index in [1.165, 1.54) is 22.3 Å². The largest absolute Gasteiger partial charge is 0.481 e. The normalized spacial score (nSPS) is 25.4. The number of guanidine groups is 1. The third kappa shape index (κ3) is 25.7. The van der Waals surface area contributed by atoms with Gasteiger partial charge in [-0.15, -0.1) is 0 Å². The van der Waals surface area contributed by atoms with Gasteiger partial charge in [0.1, 0.15) is 78.5 Å². The molecule has 105 heavy (non-hydrogen) atoms. The maximum Gasteiger partial charge on any atom is 0.326 e. The van der Waals surface area contributed by atoms with E-state index in [0.717, 1.165) is 33.4 Å². The van der Waals surface area contributed by atoms with Crippen LogP contribution in [0.5, 0.6) is 0 Å². The van der Waals surface area contributed by atoms with Crippen molar-refractivity contribution in [1.82, 2.24) is 77.8 Å². The molecule has 0 saturated carbocycles. The van der Waals surface area contributed by atoms with Gasteiger partial charge in [0.25, 0.3) is 0 Å². The molecule has 4 saturated heterocycles. The van der Waals surface area contributed by atoms with Crippen LogP contribution in [0.15, 0.2) is 17.5 Å². The Morgan fingerprint density at radius 3 is 1.88 bits per heavy atom. The summed E-state index contributed by atoms with van der Waals surface area (Å²) in [6.07, 6.45) is 1.60. The van der Waals surface area contributed by atoms with Crippen LogP contribution >= 0.6 is 21.6 Å². The Labute approximate surface area is 614 Å². The molecule has 586 valence electrons. The van der Waals surface area contributed by atoms with Gasteiger partial charge < -0.3 is 116 Å². The van der Waals surface area contributed by atoms with Gasteiger partial charge in [-0.3, -0.25) is 72.1 Å². The molecule has 0 aromatic carbocycles. The van der Waals surface area contributed by atoms with E-state index >= 15 is 9.59 Å². The molecule has 0 spiro atoms. The van der Waals surface area contributed by atoms with E-state index in [9.17, 15) is 82.8 Å². The number of unbranched alkanes of at least 4 members (excludes halogenated alkanes) is 1. The van der Waals surface area contributed by atoms with Crippen molar-refractivity contribution in [3.8, 4) is 0 Å². The number of carbonyl (C=O) groups excluding carboxylic acids is 13. The fraction of sp³-hybridized carbons (Fsp3) is 0.703. The molecule has 4 fully saturated rings. The van der Waals surface area contributed by atoms with Gasteiger partial charge in [-0.2, -0.15) is 0 Å². The fourth-order valence-corrected chi connectivity index (χ4v) is 14.7. The molecule has 1 aromatic rings. The van der Waals surface area contributed by atoms with Gasteiger partial charge in [0.2, 0.25) is 76.8 Å². The number of aromatic amines is 1. The van der Waals surface area contributed by atoms with Crippen LogP contribution in [-0.2, 0) is 78.3 Å². The molecule has 16 atom stereocenters. The van der Waals surface area contributed by atoms with E-state index in [4.69, 9.17) is 22.9 Å². The Bertz CT molecular complexity index is 3240. The molecule has 41 heteroatoms. The minimum Gasteiger partial charge on any atom is -0.481 e. The van der Waals surface area contributed by atoms with Gasteiger partial charge in [0.05, 0.1) is 32.0 Å². The summed E-state index contributed by atoms with van der Waals surface area (Å²) < 4.78 is 0. The zero-order chi connectivity index (χ0) is 77.8. The Morgan fingerprint density at radius 2 is 1.27 bits per heavy atom. The number of aromatic nitrogens is 2. The Hall–Kier alpha value is -8.93. The third-order valence-electron chi connectivity index (χ3n) is 18.7. The number of aliphatic hydroxyl groups excluding tert-OH is 2. The number of fused-ring (bicyclic) bond motifs is 2. The van der Waals surface area contributed by atoms with Crippen molar-refractivity contribution >= 4 is 116 Å². The number of amides is 13. The number of likely N-dealkylation sites (tertiary alicyclic amines) is 1. The molecule has 4 aliphatic rings. The summed E-state index contributed by atoms with van der Waals surface area (Å²) in [4.78, 5) is 227. The molecule has 5 rings (SSSR count). The average Bonchev–Trinajstić information content (AvgIpc) is 1.67. The number of H-pyrrole nitrogens is 1. The van der Waals surface area contributed by atoms with E-state index < -0.39 is 216 Å². The summed E-state index contributed by atoms with van der Waals surface area (Å²) in [7, 11) is 1.62. The van der Waals surface area contributed by atoms with Crippen LogP contribution in [0.25, 0.3) is 0 Å². The predicted molar refractivity (Wildman–Crippen MR) is 380 cm³/mol. The molecule has 39 nitrogen and oxygen atoms in total. The number of carbonyl (C=O) groups is 15. The van der Waals surface area contributed by atoms with Crippen molar-refractivity contribution in [3.63, 3.8) is 0 Å². The first-order valence-corrected chi connectivity index (χ1v) is 37.7. The van der Waals surface area contributed by atoms with Gasteiger partial charge in [0.15, 0.2) is 5.96 Å². The second-order valence-electron chi connectivity index (χ2n) is 26.4. The lowest BCUT2D eigenvalue weighted by Crippen LogP contribution is -2.62. The van der Waals surface area contributed by atoms with Crippen molar-refractivity contribution in [2.45, 2.75) is 216 Å². The third-order valence-corrected chi connectivity index (χ3v) is 21.1. The summed E-state index contributed by atoms with van der Waals surface area (Å²) >= 11 is 0. The second kappa shape index (κ2) is 42.9. The summed E-state index contributed by atoms with van der Waals surface area (Å²) in [6, 6.07) is -20.0. The van der Waals surface area contributed by atoms with E-state index in [2.05, 4.69) is 68.1 Å². The number of rotatable bonds is 28. The van der Waals surface area contributed by atoms with Crippen LogP contribution in [0.4, 0.5) is 0 Å². The first-order valence-electron chi connectivity index (χ1n) is 35.2. The zero-order valence-electron chi connectivity index (χ0n) is 59.6. The quantitative estimate of drug-likeness (QED) is 0.0160. The van der Waals surface area contributed by atoms with Gasteiger partial charge in [0, 0.05) is 56.0 Å². The van der Waals surface area contributed by atoms with Crippen molar-refractivity contribution in [2.75, 3.05) is 57.4 Å². The molecule has 0 bridgehead atoms. The molecule has 0 aliphatic carbocycles. The lowest BCUT2D eigenvalue weighted by molar-refractivity contribution is -0.149. The maximum absolute atomic E-state index is 15.2. The number of carboxylic acids is 2. The van der Waals surface area contributed by atoms with Gasteiger partial charge >= 0.3 is 11.9 Å². The number of aliphatic hydroxyl groups is 2. The van der Waals surface area contributed by atoms with Crippen LogP contribution in [0.3, 0.4) is 0 Å². The number of aliphatic imine (C=N–C) groups is 1. The second-order valence-corrected chi connectivity index (χ2v) is 29.0. The highest BCUT2D eigenvalue weighted by Gasteiger charge is 2.47. The van der Waals surface area contributed by atoms with Crippen LogP contribution in [0.1, 0.15) is 130 Å². The molecule has 0 radical (unpaired) electrons. The molecule has 4 aliphatic heterocycles. The molecule has 13 amide bonds. The maximum atomic E-state index is 15.2. The van der Waals surface area contributed by atoms with Gasteiger partial charge in [-0.25, -0.2) is 9.78 Å². The topological polar surface area (TPSA) is 612 Å². The molecule has 23 N–H and O–H groups in total. The van der Waals surface area contributed by atoms with Crippen molar-refractivity contribution in [1.29, 1.82) is 0 Å². The predicted octanol–water partition coefficient (Wildman–Crippen LogP) is -6.67. The SMILES string of the molecule is CC[C@H](C)[C@@H]1NC(=O)[C@@H]2CCCN2C(=O)[C@@H]2CCCN2C(=O)[C@H]([C@@H](C)CC)NC(=O)[C@H](CO)NC(=O)[C@H](CCCCN)NC(=O)[C@H]([C@@H](C)O)NC(=O)[C@@H](NC(=O)[C@H](CCCN=C(N)N)NC(=O)CN)CSSC[C@@H](C(=O)N[C@@H](Cc2cnc[nH]2)C(=O)N2CCC[C@H]2C(=O)N[C@@H](CC(=O)O)C(=O)O)NC1=O. The van der Waals surface area contributed by atoms with E-state index in [-0.39, 0.29) is 109 Å². The number of nitrogens with one attached hydrogen (secondary N) is 11. The number of hydrogen-bond donors (Lipinski definition) is 19. The summed E-state index contributed by atoms with van der Waals surface area (Å²) in [5.74, 6) is -17.7. The van der Waals surface area contributed by atoms with E-state index in [1.807, 2.05) is 0 Å². The molecule has 5 heterocycles.